The van der Waals surface area contributed by atoms with E-state index in [1.807, 2.05) is 0 Å². The maximum atomic E-state index is 11.7. The van der Waals surface area contributed by atoms with Crippen LogP contribution in [-0.2, 0) is 9.59 Å². The highest BCUT2D eigenvalue weighted by Crippen LogP contribution is 2.14. The highest BCUT2D eigenvalue weighted by atomic mass is 32.2. The van der Waals surface area contributed by atoms with Gasteiger partial charge in [0.15, 0.2) is 0 Å². The summed E-state index contributed by atoms with van der Waals surface area (Å²) in [6.45, 7) is 2.99. The van der Waals surface area contributed by atoms with Gasteiger partial charge in [-0.15, -0.1) is 11.8 Å². The van der Waals surface area contributed by atoms with Gasteiger partial charge in [0.2, 0.25) is 11.8 Å². The first-order chi connectivity index (χ1) is 8.67. The van der Waals surface area contributed by atoms with Crippen molar-refractivity contribution in [1.29, 1.82) is 0 Å². The van der Waals surface area contributed by atoms with Gasteiger partial charge in [-0.1, -0.05) is 13.3 Å². The lowest BCUT2D eigenvalue weighted by atomic mass is 10.0. The molecular formula is C12H22N2O3S. The number of aliphatic hydroxyl groups is 1. The maximum absolute atomic E-state index is 11.7. The van der Waals surface area contributed by atoms with Crippen molar-refractivity contribution in [3.63, 3.8) is 0 Å². The summed E-state index contributed by atoms with van der Waals surface area (Å²) in [5, 5.41) is 11.8. The third kappa shape index (κ3) is 5.27. The van der Waals surface area contributed by atoms with Crippen LogP contribution in [0.15, 0.2) is 0 Å². The molecule has 6 heteroatoms. The van der Waals surface area contributed by atoms with Crippen molar-refractivity contribution in [3.05, 3.63) is 0 Å². The van der Waals surface area contributed by atoms with Crippen molar-refractivity contribution in [2.75, 3.05) is 31.3 Å². The van der Waals surface area contributed by atoms with Gasteiger partial charge in [-0.25, -0.2) is 0 Å². The molecule has 1 unspecified atom stereocenters. The van der Waals surface area contributed by atoms with E-state index in [-0.39, 0.29) is 25.0 Å². The van der Waals surface area contributed by atoms with E-state index in [0.717, 1.165) is 12.8 Å². The molecule has 0 aliphatic carbocycles. The van der Waals surface area contributed by atoms with Crippen LogP contribution in [0.5, 0.6) is 0 Å². The minimum absolute atomic E-state index is 0.0376. The van der Waals surface area contributed by atoms with Crippen molar-refractivity contribution in [3.8, 4) is 0 Å². The van der Waals surface area contributed by atoms with Crippen LogP contribution >= 0.6 is 11.8 Å². The summed E-state index contributed by atoms with van der Waals surface area (Å²) in [5.41, 5.74) is 0. The van der Waals surface area contributed by atoms with Gasteiger partial charge < -0.3 is 15.3 Å². The van der Waals surface area contributed by atoms with Gasteiger partial charge >= 0.3 is 0 Å². The smallest absolute Gasteiger partial charge is 0.239 e. The molecule has 1 saturated heterocycles. The Morgan fingerprint density at radius 2 is 2.33 bits per heavy atom. The monoisotopic (exact) mass is 274 g/mol. The molecule has 2 N–H and O–H groups in total. The van der Waals surface area contributed by atoms with Gasteiger partial charge in [0, 0.05) is 13.2 Å². The second-order valence-corrected chi connectivity index (χ2v) is 5.50. The standard InChI is InChI=1S/C12H22N2O3S/c1-2-3-10(4-5-15)6-13-11(16)7-14-9-18-8-12(14)17/h10,15H,2-9H2,1H3,(H,13,16). The maximum Gasteiger partial charge on any atom is 0.239 e. The van der Waals surface area contributed by atoms with E-state index in [2.05, 4.69) is 12.2 Å². The SMILES string of the molecule is CCCC(CCO)CNC(=O)CN1CSCC1=O. The number of nitrogens with zero attached hydrogens (tertiary/aromatic N) is 1. The van der Waals surface area contributed by atoms with Gasteiger partial charge in [-0.3, -0.25) is 9.59 Å². The zero-order valence-electron chi connectivity index (χ0n) is 10.9. The molecule has 1 atom stereocenters. The largest absolute Gasteiger partial charge is 0.396 e. The van der Waals surface area contributed by atoms with Crippen molar-refractivity contribution in [2.24, 2.45) is 5.92 Å². The molecule has 0 spiro atoms. The number of hydrogen-bond acceptors (Lipinski definition) is 4. The van der Waals surface area contributed by atoms with Gasteiger partial charge in [0.1, 0.15) is 6.54 Å². The summed E-state index contributed by atoms with van der Waals surface area (Å²) >= 11 is 1.54. The Bertz CT molecular complexity index is 280. The van der Waals surface area contributed by atoms with Crippen LogP contribution in [-0.4, -0.2) is 53.1 Å². The number of thioether (sulfide) groups is 1. The lowest BCUT2D eigenvalue weighted by Crippen LogP contribution is -2.40. The number of nitrogens with one attached hydrogen (secondary N) is 1. The predicted octanol–water partition coefficient (Wildman–Crippen LogP) is 0.434. The van der Waals surface area contributed by atoms with Crippen LogP contribution in [0.1, 0.15) is 26.2 Å². The first-order valence-electron chi connectivity index (χ1n) is 6.40. The predicted molar refractivity (Wildman–Crippen MR) is 72.1 cm³/mol. The van der Waals surface area contributed by atoms with Crippen molar-refractivity contribution >= 4 is 23.6 Å². The molecule has 1 fully saturated rings. The average Bonchev–Trinajstić information content (AvgIpc) is 2.73. The van der Waals surface area contributed by atoms with E-state index >= 15 is 0 Å². The lowest BCUT2D eigenvalue weighted by molar-refractivity contribution is -0.132. The fourth-order valence-electron chi connectivity index (χ4n) is 1.97. The lowest BCUT2D eigenvalue weighted by Gasteiger charge is -2.18. The Hall–Kier alpha value is -0.750. The topological polar surface area (TPSA) is 69.6 Å². The highest BCUT2D eigenvalue weighted by Gasteiger charge is 2.22. The van der Waals surface area contributed by atoms with Crippen LogP contribution in [0, 0.1) is 5.92 Å². The molecule has 0 saturated carbocycles. The Balaban J connectivity index is 2.24. The van der Waals surface area contributed by atoms with E-state index in [9.17, 15) is 9.59 Å². The summed E-state index contributed by atoms with van der Waals surface area (Å²) in [6.07, 6.45) is 2.76. The fourth-order valence-corrected chi connectivity index (χ4v) is 2.87. The van der Waals surface area contributed by atoms with E-state index in [1.54, 1.807) is 4.90 Å². The molecule has 1 aliphatic rings. The number of amides is 2. The summed E-state index contributed by atoms with van der Waals surface area (Å²) in [5.74, 6) is 1.35. The summed E-state index contributed by atoms with van der Waals surface area (Å²) < 4.78 is 0. The van der Waals surface area contributed by atoms with Gasteiger partial charge in [0.05, 0.1) is 11.6 Å². The molecule has 0 aromatic carbocycles. The third-order valence-corrected chi connectivity index (χ3v) is 3.93. The van der Waals surface area contributed by atoms with Crippen LogP contribution in [0.2, 0.25) is 0 Å². The summed E-state index contributed by atoms with van der Waals surface area (Å²) in [7, 11) is 0. The first-order valence-corrected chi connectivity index (χ1v) is 7.56. The molecule has 2 amide bonds. The molecule has 18 heavy (non-hydrogen) atoms. The summed E-state index contributed by atoms with van der Waals surface area (Å²) in [6, 6.07) is 0. The van der Waals surface area contributed by atoms with E-state index in [1.165, 1.54) is 11.8 Å². The number of carbonyl (C=O) groups excluding carboxylic acids is 2. The minimum atomic E-state index is -0.107. The van der Waals surface area contributed by atoms with Crippen LogP contribution in [0.3, 0.4) is 0 Å². The van der Waals surface area contributed by atoms with Gasteiger partial charge in [-0.05, 0) is 18.8 Å². The molecule has 104 valence electrons. The van der Waals surface area contributed by atoms with Gasteiger partial charge in [0.25, 0.3) is 0 Å². The molecule has 1 heterocycles. The van der Waals surface area contributed by atoms with Crippen LogP contribution in [0.4, 0.5) is 0 Å². The number of rotatable bonds is 8. The zero-order valence-corrected chi connectivity index (χ0v) is 11.7. The normalized spacial score (nSPS) is 17.0. The van der Waals surface area contributed by atoms with Gasteiger partial charge in [-0.2, -0.15) is 0 Å². The Kier molecular flexibility index (Phi) is 7.12. The Morgan fingerprint density at radius 1 is 1.56 bits per heavy atom. The molecule has 1 rings (SSSR count). The first kappa shape index (κ1) is 15.3. The Morgan fingerprint density at radius 3 is 2.89 bits per heavy atom. The highest BCUT2D eigenvalue weighted by molar-refractivity contribution is 8.00. The van der Waals surface area contributed by atoms with Crippen LogP contribution in [0.25, 0.3) is 0 Å². The third-order valence-electron chi connectivity index (χ3n) is 2.98. The van der Waals surface area contributed by atoms with E-state index < -0.39 is 0 Å². The molecule has 0 aromatic heterocycles. The second kappa shape index (κ2) is 8.37. The molecule has 1 aliphatic heterocycles. The second-order valence-electron chi connectivity index (χ2n) is 4.54. The van der Waals surface area contributed by atoms with Crippen molar-refractivity contribution in [2.45, 2.75) is 26.2 Å². The zero-order chi connectivity index (χ0) is 13.4. The van der Waals surface area contributed by atoms with E-state index in [4.69, 9.17) is 5.11 Å². The molecule has 0 radical (unpaired) electrons. The van der Waals surface area contributed by atoms with Crippen molar-refractivity contribution < 1.29 is 14.7 Å². The number of aliphatic hydroxyl groups excluding tert-OH is 1. The minimum Gasteiger partial charge on any atom is -0.396 e. The van der Waals surface area contributed by atoms with Crippen molar-refractivity contribution in [1.82, 2.24) is 10.2 Å². The summed E-state index contributed by atoms with van der Waals surface area (Å²) in [4.78, 5) is 24.6. The number of hydrogen-bond donors (Lipinski definition) is 2. The molecule has 0 bridgehead atoms. The molecule has 0 aromatic rings. The average molecular weight is 274 g/mol. The Labute approximate surface area is 112 Å². The molecular weight excluding hydrogens is 252 g/mol. The van der Waals surface area contributed by atoms with Crippen LogP contribution < -0.4 is 5.32 Å². The quantitative estimate of drug-likeness (QED) is 0.673. The molecule has 5 nitrogen and oxygen atoms in total. The fraction of sp³-hybridized carbons (Fsp3) is 0.833. The van der Waals surface area contributed by atoms with E-state index in [0.29, 0.717) is 30.5 Å². The number of carbonyl (C=O) groups is 2.